The summed E-state index contributed by atoms with van der Waals surface area (Å²) in [4.78, 5) is 35.4. The van der Waals surface area contributed by atoms with Crippen LogP contribution in [0.1, 0.15) is 45.0 Å². The van der Waals surface area contributed by atoms with Crippen LogP contribution >= 0.6 is 0 Å². The highest BCUT2D eigenvalue weighted by molar-refractivity contribution is 5.82. The Bertz CT molecular complexity index is 827. The molecule has 7 heteroatoms. The zero-order valence-corrected chi connectivity index (χ0v) is 17.1. The second-order valence-electron chi connectivity index (χ2n) is 8.40. The molecule has 2 aromatic rings. The maximum Gasteiger partial charge on any atom is 0.227 e. The van der Waals surface area contributed by atoms with Crippen molar-refractivity contribution in [3.8, 4) is 5.82 Å². The van der Waals surface area contributed by atoms with E-state index >= 15 is 0 Å². The number of nitrogens with zero attached hydrogens (tertiary/aromatic N) is 4. The fourth-order valence-electron chi connectivity index (χ4n) is 3.44. The Kier molecular flexibility index (Phi) is 5.82. The average molecular weight is 383 g/mol. The van der Waals surface area contributed by atoms with E-state index in [4.69, 9.17) is 0 Å². The van der Waals surface area contributed by atoms with Gasteiger partial charge >= 0.3 is 0 Å². The van der Waals surface area contributed by atoms with Crippen LogP contribution in [0, 0.1) is 18.3 Å². The van der Waals surface area contributed by atoms with Gasteiger partial charge in [0.25, 0.3) is 0 Å². The largest absolute Gasteiger partial charge is 0.352 e. The Balaban J connectivity index is 1.48. The van der Waals surface area contributed by atoms with Crippen molar-refractivity contribution in [3.63, 3.8) is 0 Å². The van der Waals surface area contributed by atoms with Crippen LogP contribution in [0.15, 0.2) is 30.7 Å². The molecule has 0 aromatic carbocycles. The van der Waals surface area contributed by atoms with Crippen LogP contribution in [0.25, 0.3) is 5.82 Å². The molecule has 2 aromatic heterocycles. The molecule has 0 spiro atoms. The maximum atomic E-state index is 12.5. The minimum absolute atomic E-state index is 0.0372. The van der Waals surface area contributed by atoms with Gasteiger partial charge in [0.1, 0.15) is 11.6 Å². The summed E-state index contributed by atoms with van der Waals surface area (Å²) in [5.41, 5.74) is 0.582. The number of hydrogen-bond donors (Lipinski definition) is 1. The molecule has 1 aliphatic rings. The van der Waals surface area contributed by atoms with Crippen molar-refractivity contribution in [2.24, 2.45) is 11.3 Å². The highest BCUT2D eigenvalue weighted by Crippen LogP contribution is 2.23. The van der Waals surface area contributed by atoms with Crippen molar-refractivity contribution < 1.29 is 9.59 Å². The smallest absolute Gasteiger partial charge is 0.227 e. The number of pyridine rings is 1. The van der Waals surface area contributed by atoms with Crippen LogP contribution in [-0.2, 0) is 16.1 Å². The fourth-order valence-corrected chi connectivity index (χ4v) is 3.44. The molecular weight excluding hydrogens is 354 g/mol. The van der Waals surface area contributed by atoms with Crippen molar-refractivity contribution >= 4 is 11.8 Å². The summed E-state index contributed by atoms with van der Waals surface area (Å²) in [6.07, 6.45) is 6.82. The Labute approximate surface area is 166 Å². The Morgan fingerprint density at radius 3 is 2.43 bits per heavy atom. The molecule has 28 heavy (non-hydrogen) atoms. The van der Waals surface area contributed by atoms with Gasteiger partial charge in [-0.15, -0.1) is 0 Å². The van der Waals surface area contributed by atoms with Crippen LogP contribution in [-0.4, -0.2) is 44.3 Å². The van der Waals surface area contributed by atoms with Gasteiger partial charge in [0.15, 0.2) is 0 Å². The van der Waals surface area contributed by atoms with E-state index in [2.05, 4.69) is 15.3 Å². The molecule has 3 rings (SSSR count). The van der Waals surface area contributed by atoms with E-state index in [-0.39, 0.29) is 23.1 Å². The number of piperidine rings is 1. The number of rotatable bonds is 4. The predicted octanol–water partition coefficient (Wildman–Crippen LogP) is 2.48. The third kappa shape index (κ3) is 4.58. The summed E-state index contributed by atoms with van der Waals surface area (Å²) >= 11 is 0. The van der Waals surface area contributed by atoms with E-state index in [1.165, 1.54) is 0 Å². The van der Waals surface area contributed by atoms with Gasteiger partial charge in [-0.1, -0.05) is 26.8 Å². The van der Waals surface area contributed by atoms with Gasteiger partial charge in [-0.05, 0) is 31.4 Å². The molecule has 0 radical (unpaired) electrons. The van der Waals surface area contributed by atoms with Gasteiger partial charge in [-0.25, -0.2) is 9.97 Å². The Hall–Kier alpha value is -2.70. The third-order valence-corrected chi connectivity index (χ3v) is 5.14. The molecule has 0 atom stereocenters. The van der Waals surface area contributed by atoms with Crippen LogP contribution in [0.3, 0.4) is 0 Å². The number of amides is 2. The SMILES string of the molecule is Cc1nccn1-c1ccc(CNC(=O)C2CCN(C(=O)C(C)(C)C)CC2)cn1. The van der Waals surface area contributed by atoms with Crippen LogP contribution in [0.2, 0.25) is 0 Å². The van der Waals surface area contributed by atoms with Crippen LogP contribution < -0.4 is 5.32 Å². The summed E-state index contributed by atoms with van der Waals surface area (Å²) < 4.78 is 1.91. The zero-order valence-electron chi connectivity index (χ0n) is 17.1. The van der Waals surface area contributed by atoms with Gasteiger partial charge in [0.05, 0.1) is 0 Å². The van der Waals surface area contributed by atoms with Crippen molar-refractivity contribution in [2.75, 3.05) is 13.1 Å². The van der Waals surface area contributed by atoms with Gasteiger partial charge in [-0.2, -0.15) is 0 Å². The molecule has 1 N–H and O–H groups in total. The zero-order chi connectivity index (χ0) is 20.3. The summed E-state index contributed by atoms with van der Waals surface area (Å²) in [6.45, 7) is 9.47. The first-order valence-corrected chi connectivity index (χ1v) is 9.78. The highest BCUT2D eigenvalue weighted by Gasteiger charge is 2.32. The summed E-state index contributed by atoms with van der Waals surface area (Å²) in [5, 5.41) is 3.01. The van der Waals surface area contributed by atoms with E-state index in [1.807, 2.05) is 55.5 Å². The minimum atomic E-state index is -0.372. The van der Waals surface area contributed by atoms with E-state index in [0.717, 1.165) is 17.2 Å². The van der Waals surface area contributed by atoms with E-state index < -0.39 is 0 Å². The molecule has 0 aliphatic carbocycles. The van der Waals surface area contributed by atoms with Crippen molar-refractivity contribution in [3.05, 3.63) is 42.1 Å². The molecule has 7 nitrogen and oxygen atoms in total. The molecule has 150 valence electrons. The number of aryl methyl sites for hydroxylation is 1. The summed E-state index contributed by atoms with van der Waals surface area (Å²) in [5.74, 6) is 1.86. The van der Waals surface area contributed by atoms with E-state index in [0.29, 0.717) is 32.5 Å². The first kappa shape index (κ1) is 20.0. The number of imidazole rings is 1. The average Bonchev–Trinajstić information content (AvgIpc) is 3.11. The number of nitrogens with one attached hydrogen (secondary N) is 1. The molecule has 2 amide bonds. The Morgan fingerprint density at radius 1 is 1.18 bits per heavy atom. The van der Waals surface area contributed by atoms with Crippen LogP contribution in [0.5, 0.6) is 0 Å². The quantitative estimate of drug-likeness (QED) is 0.880. The number of carbonyl (C=O) groups excluding carboxylic acids is 2. The van der Waals surface area contributed by atoms with Gasteiger partial charge in [-0.3, -0.25) is 14.2 Å². The molecule has 1 aliphatic heterocycles. The van der Waals surface area contributed by atoms with Crippen molar-refractivity contribution in [2.45, 2.75) is 47.1 Å². The predicted molar refractivity (Wildman–Crippen MR) is 107 cm³/mol. The first-order valence-electron chi connectivity index (χ1n) is 9.78. The number of hydrogen-bond acceptors (Lipinski definition) is 4. The molecule has 0 saturated carbocycles. The van der Waals surface area contributed by atoms with Gasteiger partial charge < -0.3 is 10.2 Å². The molecular formula is C21H29N5O2. The first-order chi connectivity index (χ1) is 13.3. The lowest BCUT2D eigenvalue weighted by Crippen LogP contribution is -2.46. The third-order valence-electron chi connectivity index (χ3n) is 5.14. The molecule has 0 bridgehead atoms. The second-order valence-corrected chi connectivity index (χ2v) is 8.40. The maximum absolute atomic E-state index is 12.5. The van der Waals surface area contributed by atoms with Crippen molar-refractivity contribution in [1.29, 1.82) is 0 Å². The second kappa shape index (κ2) is 8.12. The normalized spacial score (nSPS) is 15.5. The molecule has 0 unspecified atom stereocenters. The molecule has 1 fully saturated rings. The number of carbonyl (C=O) groups is 2. The summed E-state index contributed by atoms with van der Waals surface area (Å²) in [6, 6.07) is 3.89. The fraction of sp³-hybridized carbons (Fsp3) is 0.524. The monoisotopic (exact) mass is 383 g/mol. The Morgan fingerprint density at radius 2 is 1.89 bits per heavy atom. The lowest BCUT2D eigenvalue weighted by molar-refractivity contribution is -0.142. The number of likely N-dealkylation sites (tertiary alicyclic amines) is 1. The molecule has 3 heterocycles. The van der Waals surface area contributed by atoms with E-state index in [1.54, 1.807) is 12.4 Å². The van der Waals surface area contributed by atoms with Gasteiger partial charge in [0.2, 0.25) is 11.8 Å². The lowest BCUT2D eigenvalue weighted by atomic mass is 9.90. The van der Waals surface area contributed by atoms with E-state index in [9.17, 15) is 9.59 Å². The number of aromatic nitrogens is 3. The topological polar surface area (TPSA) is 80.1 Å². The van der Waals surface area contributed by atoms with Crippen LogP contribution in [0.4, 0.5) is 0 Å². The van der Waals surface area contributed by atoms with Crippen molar-refractivity contribution in [1.82, 2.24) is 24.8 Å². The standard InChI is InChI=1S/C21H29N5O2/c1-15-22-9-12-26(15)18-6-5-16(13-23-18)14-24-19(27)17-7-10-25(11-8-17)20(28)21(2,3)4/h5-6,9,12-13,17H,7-8,10-11,14H2,1-4H3,(H,24,27). The highest BCUT2D eigenvalue weighted by atomic mass is 16.2. The lowest BCUT2D eigenvalue weighted by Gasteiger charge is -2.35. The minimum Gasteiger partial charge on any atom is -0.352 e. The molecule has 1 saturated heterocycles. The van der Waals surface area contributed by atoms with Gasteiger partial charge in [0, 0.05) is 49.6 Å². The summed E-state index contributed by atoms with van der Waals surface area (Å²) in [7, 11) is 0.